The Hall–Kier alpha value is -1.51. The third kappa shape index (κ3) is 1.37. The fourth-order valence-electron chi connectivity index (χ4n) is 1.43. The van der Waals surface area contributed by atoms with Gasteiger partial charge in [-0.15, -0.1) is 0 Å². The van der Waals surface area contributed by atoms with E-state index in [4.69, 9.17) is 0 Å². The van der Waals surface area contributed by atoms with E-state index in [1.165, 1.54) is 12.1 Å². The number of aromatic amines is 1. The lowest BCUT2D eigenvalue weighted by Gasteiger charge is -1.99. The summed E-state index contributed by atoms with van der Waals surface area (Å²) in [6.07, 6.45) is 1.85. The molecule has 2 nitrogen and oxygen atoms in total. The van der Waals surface area contributed by atoms with Crippen molar-refractivity contribution in [3.8, 4) is 0 Å². The van der Waals surface area contributed by atoms with E-state index in [1.807, 2.05) is 13.1 Å². The molecule has 0 aliphatic carbocycles. The SMILES string of the molecule is CCNc1c[nH]c2ccc(F)cc12. The summed E-state index contributed by atoms with van der Waals surface area (Å²) in [5.74, 6) is -0.203. The first-order valence-electron chi connectivity index (χ1n) is 4.32. The molecule has 2 aromatic rings. The molecular formula is C10H11FN2. The van der Waals surface area contributed by atoms with Gasteiger partial charge in [0, 0.05) is 23.6 Å². The molecule has 0 radical (unpaired) electrons. The molecule has 13 heavy (non-hydrogen) atoms. The van der Waals surface area contributed by atoms with Gasteiger partial charge in [-0.1, -0.05) is 0 Å². The van der Waals surface area contributed by atoms with Crippen molar-refractivity contribution in [3.05, 3.63) is 30.2 Å². The summed E-state index contributed by atoms with van der Waals surface area (Å²) in [6.45, 7) is 2.85. The van der Waals surface area contributed by atoms with Gasteiger partial charge >= 0.3 is 0 Å². The maximum atomic E-state index is 12.9. The minimum atomic E-state index is -0.203. The molecule has 0 fully saturated rings. The zero-order valence-corrected chi connectivity index (χ0v) is 7.39. The summed E-state index contributed by atoms with van der Waals surface area (Å²) >= 11 is 0. The van der Waals surface area contributed by atoms with Crippen LogP contribution in [0.25, 0.3) is 10.9 Å². The van der Waals surface area contributed by atoms with Gasteiger partial charge in [-0.25, -0.2) is 4.39 Å². The monoisotopic (exact) mass is 178 g/mol. The van der Waals surface area contributed by atoms with Crippen LogP contribution in [0.3, 0.4) is 0 Å². The van der Waals surface area contributed by atoms with Crippen LogP contribution in [-0.2, 0) is 0 Å². The predicted molar refractivity (Wildman–Crippen MR) is 52.4 cm³/mol. The van der Waals surface area contributed by atoms with Crippen LogP contribution < -0.4 is 5.32 Å². The zero-order chi connectivity index (χ0) is 9.26. The van der Waals surface area contributed by atoms with E-state index in [0.717, 1.165) is 23.1 Å². The molecule has 0 saturated heterocycles. The number of hydrogen-bond donors (Lipinski definition) is 2. The summed E-state index contributed by atoms with van der Waals surface area (Å²) in [5, 5.41) is 4.06. The van der Waals surface area contributed by atoms with E-state index in [2.05, 4.69) is 10.3 Å². The lowest BCUT2D eigenvalue weighted by molar-refractivity contribution is 0.630. The second kappa shape index (κ2) is 3.09. The average Bonchev–Trinajstić information content (AvgIpc) is 2.49. The van der Waals surface area contributed by atoms with E-state index < -0.39 is 0 Å². The Morgan fingerprint density at radius 2 is 2.31 bits per heavy atom. The van der Waals surface area contributed by atoms with Crippen molar-refractivity contribution in [2.45, 2.75) is 6.92 Å². The molecule has 0 aliphatic heterocycles. The second-order valence-corrected chi connectivity index (χ2v) is 2.92. The van der Waals surface area contributed by atoms with E-state index >= 15 is 0 Å². The number of nitrogens with one attached hydrogen (secondary N) is 2. The van der Waals surface area contributed by atoms with Gasteiger partial charge in [-0.05, 0) is 25.1 Å². The number of hydrogen-bond acceptors (Lipinski definition) is 1. The standard InChI is InChI=1S/C10H11FN2/c1-2-12-10-6-13-9-4-3-7(11)5-8(9)10/h3-6,12-13H,2H2,1H3. The average molecular weight is 178 g/mol. The van der Waals surface area contributed by atoms with Crippen LogP contribution in [0.5, 0.6) is 0 Å². The van der Waals surface area contributed by atoms with Gasteiger partial charge in [0.1, 0.15) is 5.82 Å². The maximum absolute atomic E-state index is 12.9. The smallest absolute Gasteiger partial charge is 0.124 e. The van der Waals surface area contributed by atoms with Gasteiger partial charge in [0.2, 0.25) is 0 Å². The lowest BCUT2D eigenvalue weighted by atomic mass is 10.2. The molecule has 0 amide bonds. The summed E-state index contributed by atoms with van der Waals surface area (Å²) in [5.41, 5.74) is 1.91. The molecule has 0 aliphatic rings. The third-order valence-corrected chi connectivity index (χ3v) is 2.01. The number of anilines is 1. The lowest BCUT2D eigenvalue weighted by Crippen LogP contribution is -1.94. The molecule has 2 rings (SSSR count). The maximum Gasteiger partial charge on any atom is 0.124 e. The third-order valence-electron chi connectivity index (χ3n) is 2.01. The van der Waals surface area contributed by atoms with Gasteiger partial charge in [-0.3, -0.25) is 0 Å². The van der Waals surface area contributed by atoms with Crippen LogP contribution in [0.2, 0.25) is 0 Å². The van der Waals surface area contributed by atoms with Crippen LogP contribution in [0, 0.1) is 5.82 Å². The number of benzene rings is 1. The molecule has 0 spiro atoms. The van der Waals surface area contributed by atoms with Gasteiger partial charge in [0.15, 0.2) is 0 Å². The molecule has 0 atom stereocenters. The fraction of sp³-hybridized carbons (Fsp3) is 0.200. The highest BCUT2D eigenvalue weighted by Gasteiger charge is 2.02. The van der Waals surface area contributed by atoms with Crippen molar-refractivity contribution in [2.24, 2.45) is 0 Å². The Labute approximate surface area is 75.8 Å². The number of H-pyrrole nitrogens is 1. The zero-order valence-electron chi connectivity index (χ0n) is 7.39. The van der Waals surface area contributed by atoms with Gasteiger partial charge in [0.25, 0.3) is 0 Å². The van der Waals surface area contributed by atoms with E-state index in [-0.39, 0.29) is 5.82 Å². The normalized spacial score (nSPS) is 10.6. The molecule has 1 heterocycles. The Kier molecular flexibility index (Phi) is 1.93. The van der Waals surface area contributed by atoms with E-state index in [1.54, 1.807) is 6.07 Å². The largest absolute Gasteiger partial charge is 0.384 e. The highest BCUT2D eigenvalue weighted by atomic mass is 19.1. The Morgan fingerprint density at radius 1 is 1.46 bits per heavy atom. The van der Waals surface area contributed by atoms with E-state index in [9.17, 15) is 4.39 Å². The quantitative estimate of drug-likeness (QED) is 0.727. The van der Waals surface area contributed by atoms with Crippen molar-refractivity contribution < 1.29 is 4.39 Å². The summed E-state index contributed by atoms with van der Waals surface area (Å²) in [7, 11) is 0. The topological polar surface area (TPSA) is 27.8 Å². The highest BCUT2D eigenvalue weighted by Crippen LogP contribution is 2.23. The summed E-state index contributed by atoms with van der Waals surface area (Å²) in [4.78, 5) is 3.07. The number of fused-ring (bicyclic) bond motifs is 1. The molecule has 3 heteroatoms. The molecule has 0 bridgehead atoms. The molecule has 1 aromatic heterocycles. The number of aromatic nitrogens is 1. The van der Waals surface area contributed by atoms with Crippen LogP contribution in [0.4, 0.5) is 10.1 Å². The minimum absolute atomic E-state index is 0.203. The molecule has 68 valence electrons. The van der Waals surface area contributed by atoms with Crippen molar-refractivity contribution in [1.29, 1.82) is 0 Å². The fourth-order valence-corrected chi connectivity index (χ4v) is 1.43. The van der Waals surface area contributed by atoms with Crippen molar-refractivity contribution in [3.63, 3.8) is 0 Å². The van der Waals surface area contributed by atoms with Crippen LogP contribution >= 0.6 is 0 Å². The number of halogens is 1. The van der Waals surface area contributed by atoms with Crippen LogP contribution in [-0.4, -0.2) is 11.5 Å². The van der Waals surface area contributed by atoms with Crippen molar-refractivity contribution in [2.75, 3.05) is 11.9 Å². The Bertz CT molecular complexity index is 420. The summed E-state index contributed by atoms with van der Waals surface area (Å²) in [6, 6.07) is 4.73. The van der Waals surface area contributed by atoms with Gasteiger partial charge in [-0.2, -0.15) is 0 Å². The second-order valence-electron chi connectivity index (χ2n) is 2.92. The molecule has 0 unspecified atom stereocenters. The van der Waals surface area contributed by atoms with Crippen LogP contribution in [0.15, 0.2) is 24.4 Å². The molecular weight excluding hydrogens is 167 g/mol. The Balaban J connectivity index is 2.58. The first-order valence-corrected chi connectivity index (χ1v) is 4.32. The van der Waals surface area contributed by atoms with Gasteiger partial charge < -0.3 is 10.3 Å². The molecule has 2 N–H and O–H groups in total. The van der Waals surface area contributed by atoms with Crippen LogP contribution in [0.1, 0.15) is 6.92 Å². The predicted octanol–water partition coefficient (Wildman–Crippen LogP) is 2.74. The first-order chi connectivity index (χ1) is 6.31. The van der Waals surface area contributed by atoms with Crippen molar-refractivity contribution >= 4 is 16.6 Å². The molecule has 0 saturated carbocycles. The van der Waals surface area contributed by atoms with Gasteiger partial charge in [0.05, 0.1) is 5.69 Å². The summed E-state index contributed by atoms with van der Waals surface area (Å²) < 4.78 is 12.9. The molecule has 1 aromatic carbocycles. The number of rotatable bonds is 2. The van der Waals surface area contributed by atoms with Crippen molar-refractivity contribution in [1.82, 2.24) is 4.98 Å². The minimum Gasteiger partial charge on any atom is -0.384 e. The highest BCUT2D eigenvalue weighted by molar-refractivity contribution is 5.92. The first kappa shape index (κ1) is 8.10. The Morgan fingerprint density at radius 3 is 3.08 bits per heavy atom. The van der Waals surface area contributed by atoms with E-state index in [0.29, 0.717) is 0 Å².